The number of carbonyl (C=O) groups excluding carboxylic acids is 2. The molecule has 0 aliphatic rings. The van der Waals surface area contributed by atoms with Crippen molar-refractivity contribution in [2.75, 3.05) is 19.0 Å². The number of benzene rings is 1. The number of nitrogens with zero attached hydrogens (tertiary/aromatic N) is 2. The largest absolute Gasteiger partial charge is 0.467 e. The highest BCUT2D eigenvalue weighted by molar-refractivity contribution is 5.82. The Morgan fingerprint density at radius 3 is 2.56 bits per heavy atom. The number of rotatable bonds is 5. The highest BCUT2D eigenvalue weighted by atomic mass is 16.6. The number of aryl methyl sites for hydroxylation is 1. The molecule has 136 valence electrons. The lowest BCUT2D eigenvalue weighted by Gasteiger charge is -2.22. The van der Waals surface area contributed by atoms with Crippen LogP contribution in [0.1, 0.15) is 20.8 Å². The van der Waals surface area contributed by atoms with E-state index >= 15 is 0 Å². The number of anilines is 1. The first kappa shape index (κ1) is 18.6. The second-order valence-electron chi connectivity index (χ2n) is 6.59. The molecule has 1 aromatic carbocycles. The topological polar surface area (TPSA) is 94.5 Å². The first-order chi connectivity index (χ1) is 11.7. The van der Waals surface area contributed by atoms with Gasteiger partial charge >= 0.3 is 12.1 Å². The molecule has 2 N–H and O–H groups in total. The quantitative estimate of drug-likeness (QED) is 0.803. The monoisotopic (exact) mass is 348 g/mol. The van der Waals surface area contributed by atoms with Crippen LogP contribution in [-0.2, 0) is 21.3 Å². The summed E-state index contributed by atoms with van der Waals surface area (Å²) in [5.41, 5.74) is 1.14. The van der Waals surface area contributed by atoms with Crippen LogP contribution < -0.4 is 10.6 Å². The lowest BCUT2D eigenvalue weighted by molar-refractivity contribution is -0.142. The van der Waals surface area contributed by atoms with Gasteiger partial charge in [0.05, 0.1) is 18.1 Å². The zero-order valence-corrected chi connectivity index (χ0v) is 15.1. The fourth-order valence-corrected chi connectivity index (χ4v) is 2.28. The van der Waals surface area contributed by atoms with Gasteiger partial charge in [0.15, 0.2) is 0 Å². The number of imidazole rings is 1. The molecule has 0 aliphatic heterocycles. The van der Waals surface area contributed by atoms with Gasteiger partial charge in [-0.3, -0.25) is 0 Å². The number of aromatic nitrogens is 2. The fraction of sp³-hybridized carbons (Fsp3) is 0.471. The molecule has 0 fully saturated rings. The number of ether oxygens (including phenoxy) is 2. The van der Waals surface area contributed by atoms with E-state index in [1.54, 1.807) is 20.8 Å². The molecule has 1 amide bonds. The summed E-state index contributed by atoms with van der Waals surface area (Å²) in [6.07, 6.45) is -0.685. The summed E-state index contributed by atoms with van der Waals surface area (Å²) in [6.45, 7) is 5.36. The Morgan fingerprint density at radius 2 is 1.96 bits per heavy atom. The molecule has 1 atom stereocenters. The summed E-state index contributed by atoms with van der Waals surface area (Å²) in [5, 5.41) is 5.58. The van der Waals surface area contributed by atoms with Gasteiger partial charge < -0.3 is 24.7 Å². The van der Waals surface area contributed by atoms with Gasteiger partial charge in [0.25, 0.3) is 0 Å². The van der Waals surface area contributed by atoms with Crippen molar-refractivity contribution in [1.29, 1.82) is 0 Å². The number of para-hydroxylation sites is 2. The van der Waals surface area contributed by atoms with E-state index in [-0.39, 0.29) is 6.54 Å². The van der Waals surface area contributed by atoms with Gasteiger partial charge in [0.2, 0.25) is 5.95 Å². The normalized spacial score (nSPS) is 12.5. The Morgan fingerprint density at radius 1 is 1.28 bits per heavy atom. The lowest BCUT2D eigenvalue weighted by atomic mass is 10.2. The molecule has 0 saturated carbocycles. The average Bonchev–Trinajstić information content (AvgIpc) is 2.85. The summed E-state index contributed by atoms with van der Waals surface area (Å²) in [7, 11) is 3.13. The van der Waals surface area contributed by atoms with E-state index < -0.39 is 23.7 Å². The van der Waals surface area contributed by atoms with Crippen LogP contribution in [-0.4, -0.2) is 46.9 Å². The molecule has 0 saturated heterocycles. The third kappa shape index (κ3) is 4.85. The van der Waals surface area contributed by atoms with Crippen LogP contribution in [0.4, 0.5) is 10.7 Å². The standard InChI is InChI=1S/C17H24N4O4/c1-17(2,3)25-16(23)20-12(14(22)24-5)10-18-15-19-11-8-6-7-9-13(11)21(15)4/h6-9,12H,10H2,1-5H3,(H,18,19)(H,20,23)/t12-/m0/s1. The minimum atomic E-state index is -0.903. The Hall–Kier alpha value is -2.77. The minimum Gasteiger partial charge on any atom is -0.467 e. The van der Waals surface area contributed by atoms with E-state index in [4.69, 9.17) is 9.47 Å². The molecule has 1 aromatic heterocycles. The molecule has 8 heteroatoms. The van der Waals surface area contributed by atoms with Crippen molar-refractivity contribution in [3.05, 3.63) is 24.3 Å². The Kier molecular flexibility index (Phi) is 5.51. The van der Waals surface area contributed by atoms with Crippen LogP contribution in [0.5, 0.6) is 0 Å². The number of amides is 1. The van der Waals surface area contributed by atoms with Crippen molar-refractivity contribution in [1.82, 2.24) is 14.9 Å². The number of fused-ring (bicyclic) bond motifs is 1. The van der Waals surface area contributed by atoms with Crippen molar-refractivity contribution in [2.24, 2.45) is 7.05 Å². The van der Waals surface area contributed by atoms with Crippen LogP contribution in [0.2, 0.25) is 0 Å². The number of nitrogens with one attached hydrogen (secondary N) is 2. The Labute approximate surface area is 146 Å². The minimum absolute atomic E-state index is 0.114. The fourth-order valence-electron chi connectivity index (χ4n) is 2.28. The number of alkyl carbamates (subject to hydrolysis) is 1. The smallest absolute Gasteiger partial charge is 0.408 e. The zero-order valence-electron chi connectivity index (χ0n) is 15.1. The molecule has 0 bridgehead atoms. The lowest BCUT2D eigenvalue weighted by Crippen LogP contribution is -2.47. The predicted octanol–water partition coefficient (Wildman–Crippen LogP) is 2.05. The molecule has 0 unspecified atom stereocenters. The molecule has 0 spiro atoms. The molecule has 0 radical (unpaired) electrons. The van der Waals surface area contributed by atoms with Gasteiger partial charge in [-0.1, -0.05) is 12.1 Å². The second-order valence-corrected chi connectivity index (χ2v) is 6.59. The number of carbonyl (C=O) groups is 2. The Balaban J connectivity index is 2.07. The zero-order chi connectivity index (χ0) is 18.6. The number of hydrogen-bond donors (Lipinski definition) is 2. The van der Waals surface area contributed by atoms with Crippen LogP contribution in [0, 0.1) is 0 Å². The summed E-state index contributed by atoms with van der Waals surface area (Å²) < 4.78 is 11.8. The van der Waals surface area contributed by atoms with Crippen molar-refractivity contribution in [3.8, 4) is 0 Å². The van der Waals surface area contributed by atoms with Gasteiger partial charge in [0.1, 0.15) is 11.6 Å². The number of hydrogen-bond acceptors (Lipinski definition) is 6. The van der Waals surface area contributed by atoms with Gasteiger partial charge in [-0.25, -0.2) is 14.6 Å². The van der Waals surface area contributed by atoms with Crippen molar-refractivity contribution in [3.63, 3.8) is 0 Å². The summed E-state index contributed by atoms with van der Waals surface area (Å²) in [4.78, 5) is 28.3. The van der Waals surface area contributed by atoms with E-state index in [9.17, 15) is 9.59 Å². The highest BCUT2D eigenvalue weighted by Gasteiger charge is 2.25. The van der Waals surface area contributed by atoms with E-state index in [1.807, 2.05) is 35.9 Å². The summed E-state index contributed by atoms with van der Waals surface area (Å²) in [6, 6.07) is 6.77. The van der Waals surface area contributed by atoms with Gasteiger partial charge in [0, 0.05) is 13.6 Å². The summed E-state index contributed by atoms with van der Waals surface area (Å²) in [5.74, 6) is 0.0122. The highest BCUT2D eigenvalue weighted by Crippen LogP contribution is 2.17. The third-order valence-corrected chi connectivity index (χ3v) is 3.43. The van der Waals surface area contributed by atoms with E-state index in [0.717, 1.165) is 11.0 Å². The van der Waals surface area contributed by atoms with Crippen LogP contribution in [0.15, 0.2) is 24.3 Å². The van der Waals surface area contributed by atoms with Crippen molar-refractivity contribution >= 4 is 29.0 Å². The predicted molar refractivity (Wildman–Crippen MR) is 94.4 cm³/mol. The molecule has 1 heterocycles. The average molecular weight is 348 g/mol. The van der Waals surface area contributed by atoms with Crippen molar-refractivity contribution in [2.45, 2.75) is 32.4 Å². The molecule has 8 nitrogen and oxygen atoms in total. The molecule has 2 aromatic rings. The Bertz CT molecular complexity index is 764. The molecule has 0 aliphatic carbocycles. The van der Waals surface area contributed by atoms with Crippen LogP contribution in [0.3, 0.4) is 0 Å². The van der Waals surface area contributed by atoms with Crippen LogP contribution in [0.25, 0.3) is 11.0 Å². The maximum atomic E-state index is 11.9. The first-order valence-electron chi connectivity index (χ1n) is 7.94. The van der Waals surface area contributed by atoms with E-state index in [0.29, 0.717) is 5.95 Å². The molecule has 2 rings (SSSR count). The first-order valence-corrected chi connectivity index (χ1v) is 7.94. The third-order valence-electron chi connectivity index (χ3n) is 3.43. The second kappa shape index (κ2) is 7.42. The molecule has 25 heavy (non-hydrogen) atoms. The van der Waals surface area contributed by atoms with Crippen molar-refractivity contribution < 1.29 is 19.1 Å². The maximum Gasteiger partial charge on any atom is 0.408 e. The molecular weight excluding hydrogens is 324 g/mol. The van der Waals surface area contributed by atoms with Gasteiger partial charge in [-0.2, -0.15) is 0 Å². The maximum absolute atomic E-state index is 11.9. The van der Waals surface area contributed by atoms with Crippen LogP contribution >= 0.6 is 0 Å². The number of esters is 1. The number of methoxy groups -OCH3 is 1. The van der Waals surface area contributed by atoms with Gasteiger partial charge in [-0.05, 0) is 32.9 Å². The summed E-state index contributed by atoms with van der Waals surface area (Å²) >= 11 is 0. The molecular formula is C17H24N4O4. The van der Waals surface area contributed by atoms with Gasteiger partial charge in [-0.15, -0.1) is 0 Å². The van der Waals surface area contributed by atoms with E-state index in [2.05, 4.69) is 15.6 Å². The SMILES string of the molecule is COC(=O)[C@H](CNc1nc2ccccc2n1C)NC(=O)OC(C)(C)C. The van der Waals surface area contributed by atoms with E-state index in [1.165, 1.54) is 7.11 Å².